The van der Waals surface area contributed by atoms with Crippen molar-refractivity contribution in [2.24, 2.45) is 5.92 Å². The SMILES string of the molecule is CC(C)CNc1ncnc(N)c1Br. The molecule has 0 fully saturated rings. The summed E-state index contributed by atoms with van der Waals surface area (Å²) in [6.07, 6.45) is 1.45. The zero-order chi connectivity index (χ0) is 9.84. The van der Waals surface area contributed by atoms with Crippen LogP contribution in [0.1, 0.15) is 13.8 Å². The third kappa shape index (κ3) is 2.84. The Kier molecular flexibility index (Phi) is 3.48. The second-order valence-electron chi connectivity index (χ2n) is 3.20. The lowest BCUT2D eigenvalue weighted by atomic mass is 10.2. The number of hydrogen-bond acceptors (Lipinski definition) is 4. The van der Waals surface area contributed by atoms with Crippen molar-refractivity contribution in [1.82, 2.24) is 9.97 Å². The fourth-order valence-corrected chi connectivity index (χ4v) is 1.15. The summed E-state index contributed by atoms with van der Waals surface area (Å²) in [4.78, 5) is 7.91. The average Bonchev–Trinajstić information content (AvgIpc) is 2.07. The highest BCUT2D eigenvalue weighted by molar-refractivity contribution is 9.10. The van der Waals surface area contributed by atoms with Crippen LogP contribution in [0.2, 0.25) is 0 Å². The summed E-state index contributed by atoms with van der Waals surface area (Å²) >= 11 is 3.32. The molecule has 0 atom stereocenters. The highest BCUT2D eigenvalue weighted by Crippen LogP contribution is 2.23. The number of anilines is 2. The monoisotopic (exact) mass is 244 g/mol. The van der Waals surface area contributed by atoms with Crippen LogP contribution >= 0.6 is 15.9 Å². The van der Waals surface area contributed by atoms with E-state index in [0.29, 0.717) is 11.7 Å². The Bertz CT molecular complexity index is 287. The Morgan fingerprint density at radius 2 is 2.23 bits per heavy atom. The van der Waals surface area contributed by atoms with Gasteiger partial charge in [-0.15, -0.1) is 0 Å². The molecule has 0 spiro atoms. The molecule has 1 aromatic rings. The molecular weight excluding hydrogens is 232 g/mol. The second-order valence-corrected chi connectivity index (χ2v) is 3.99. The van der Waals surface area contributed by atoms with Crippen LogP contribution < -0.4 is 11.1 Å². The van der Waals surface area contributed by atoms with Crippen LogP contribution in [0.25, 0.3) is 0 Å². The second kappa shape index (κ2) is 4.41. The average molecular weight is 245 g/mol. The van der Waals surface area contributed by atoms with Crippen molar-refractivity contribution in [2.45, 2.75) is 13.8 Å². The van der Waals surface area contributed by atoms with Gasteiger partial charge in [0, 0.05) is 6.54 Å². The molecule has 4 nitrogen and oxygen atoms in total. The first-order valence-electron chi connectivity index (χ1n) is 4.11. The van der Waals surface area contributed by atoms with E-state index in [-0.39, 0.29) is 0 Å². The smallest absolute Gasteiger partial charge is 0.145 e. The van der Waals surface area contributed by atoms with Gasteiger partial charge in [-0.3, -0.25) is 0 Å². The van der Waals surface area contributed by atoms with Crippen molar-refractivity contribution in [3.8, 4) is 0 Å². The number of nitrogen functional groups attached to an aromatic ring is 1. The van der Waals surface area contributed by atoms with E-state index in [9.17, 15) is 0 Å². The number of nitrogens with one attached hydrogen (secondary N) is 1. The van der Waals surface area contributed by atoms with Gasteiger partial charge in [0.25, 0.3) is 0 Å². The molecule has 0 aromatic carbocycles. The van der Waals surface area contributed by atoms with Gasteiger partial charge in [0.05, 0.1) is 0 Å². The molecule has 3 N–H and O–H groups in total. The predicted octanol–water partition coefficient (Wildman–Crippen LogP) is 1.89. The molecular formula is C8H13BrN4. The number of hydrogen-bond donors (Lipinski definition) is 2. The molecule has 1 heterocycles. The fourth-order valence-electron chi connectivity index (χ4n) is 0.808. The third-order valence-corrected chi connectivity index (χ3v) is 2.28. The van der Waals surface area contributed by atoms with Gasteiger partial charge in [-0.1, -0.05) is 13.8 Å². The molecule has 0 aliphatic heterocycles. The van der Waals surface area contributed by atoms with Crippen LogP contribution in [-0.2, 0) is 0 Å². The molecule has 0 saturated heterocycles. The first kappa shape index (κ1) is 10.2. The van der Waals surface area contributed by atoms with E-state index in [1.165, 1.54) is 6.33 Å². The molecule has 0 aliphatic rings. The Balaban J connectivity index is 2.71. The van der Waals surface area contributed by atoms with E-state index in [4.69, 9.17) is 5.73 Å². The van der Waals surface area contributed by atoms with Gasteiger partial charge in [-0.2, -0.15) is 0 Å². The standard InChI is InChI=1S/C8H13BrN4/c1-5(2)3-11-8-6(9)7(10)12-4-13-8/h4-5H,3H2,1-2H3,(H3,10,11,12,13). The van der Waals surface area contributed by atoms with Crippen molar-refractivity contribution < 1.29 is 0 Å². The minimum atomic E-state index is 0.459. The van der Waals surface area contributed by atoms with Gasteiger partial charge in [-0.25, -0.2) is 9.97 Å². The Morgan fingerprint density at radius 3 is 2.85 bits per heavy atom. The van der Waals surface area contributed by atoms with Crippen LogP contribution in [0.4, 0.5) is 11.6 Å². The summed E-state index contributed by atoms with van der Waals surface area (Å²) < 4.78 is 0.732. The van der Waals surface area contributed by atoms with E-state index < -0.39 is 0 Å². The van der Waals surface area contributed by atoms with Gasteiger partial charge < -0.3 is 11.1 Å². The van der Waals surface area contributed by atoms with Gasteiger partial charge in [-0.05, 0) is 21.8 Å². The maximum absolute atomic E-state index is 5.59. The number of rotatable bonds is 3. The maximum atomic E-state index is 5.59. The lowest BCUT2D eigenvalue weighted by molar-refractivity contribution is 0.686. The van der Waals surface area contributed by atoms with Crippen LogP contribution in [0.15, 0.2) is 10.8 Å². The molecule has 0 bridgehead atoms. The Morgan fingerprint density at radius 1 is 1.54 bits per heavy atom. The van der Waals surface area contributed by atoms with Crippen molar-refractivity contribution >= 4 is 27.6 Å². The maximum Gasteiger partial charge on any atom is 0.145 e. The topological polar surface area (TPSA) is 63.8 Å². The van der Waals surface area contributed by atoms with Crippen molar-refractivity contribution in [3.63, 3.8) is 0 Å². The van der Waals surface area contributed by atoms with Crippen LogP contribution in [-0.4, -0.2) is 16.5 Å². The molecule has 1 rings (SSSR count). The van der Waals surface area contributed by atoms with Gasteiger partial charge in [0.1, 0.15) is 22.4 Å². The van der Waals surface area contributed by atoms with Gasteiger partial charge in [0.2, 0.25) is 0 Å². The lowest BCUT2D eigenvalue weighted by Gasteiger charge is -2.09. The molecule has 5 heteroatoms. The zero-order valence-corrected chi connectivity index (χ0v) is 9.30. The minimum Gasteiger partial charge on any atom is -0.383 e. The quantitative estimate of drug-likeness (QED) is 0.853. The van der Waals surface area contributed by atoms with Gasteiger partial charge >= 0.3 is 0 Å². The summed E-state index contributed by atoms with van der Waals surface area (Å²) in [5.41, 5.74) is 5.59. The molecule has 13 heavy (non-hydrogen) atoms. The van der Waals surface area contributed by atoms with E-state index in [1.54, 1.807) is 0 Å². The number of halogens is 1. The van der Waals surface area contributed by atoms with Crippen molar-refractivity contribution in [1.29, 1.82) is 0 Å². The molecule has 0 saturated carbocycles. The predicted molar refractivity (Wildman–Crippen MR) is 57.5 cm³/mol. The van der Waals surface area contributed by atoms with Crippen LogP contribution in [0, 0.1) is 5.92 Å². The lowest BCUT2D eigenvalue weighted by Crippen LogP contribution is -2.10. The summed E-state index contributed by atoms with van der Waals surface area (Å²) in [6.45, 7) is 5.13. The highest BCUT2D eigenvalue weighted by Gasteiger charge is 2.05. The summed E-state index contributed by atoms with van der Waals surface area (Å²) in [7, 11) is 0. The molecule has 0 aliphatic carbocycles. The number of nitrogens with two attached hydrogens (primary N) is 1. The Labute approximate surface area is 86.1 Å². The largest absolute Gasteiger partial charge is 0.383 e. The van der Waals surface area contributed by atoms with Crippen LogP contribution in [0.3, 0.4) is 0 Å². The summed E-state index contributed by atoms with van der Waals surface area (Å²) in [5.74, 6) is 1.78. The van der Waals surface area contributed by atoms with Crippen molar-refractivity contribution in [3.05, 3.63) is 10.8 Å². The number of aromatic nitrogens is 2. The number of nitrogens with zero attached hydrogens (tertiary/aromatic N) is 2. The molecule has 72 valence electrons. The molecule has 0 unspecified atom stereocenters. The van der Waals surface area contributed by atoms with E-state index in [1.807, 2.05) is 0 Å². The Hall–Kier alpha value is -0.840. The molecule has 1 aromatic heterocycles. The van der Waals surface area contributed by atoms with Crippen molar-refractivity contribution in [2.75, 3.05) is 17.6 Å². The summed E-state index contributed by atoms with van der Waals surface area (Å²) in [6, 6.07) is 0. The third-order valence-electron chi connectivity index (χ3n) is 1.49. The zero-order valence-electron chi connectivity index (χ0n) is 7.71. The van der Waals surface area contributed by atoms with E-state index in [2.05, 4.69) is 45.1 Å². The first-order valence-corrected chi connectivity index (χ1v) is 4.90. The summed E-state index contributed by atoms with van der Waals surface area (Å²) in [5, 5.41) is 3.18. The molecule has 0 amide bonds. The first-order chi connectivity index (χ1) is 6.11. The van der Waals surface area contributed by atoms with Gasteiger partial charge in [0.15, 0.2) is 0 Å². The fraction of sp³-hybridized carbons (Fsp3) is 0.500. The van der Waals surface area contributed by atoms with Crippen LogP contribution in [0.5, 0.6) is 0 Å². The normalized spacial score (nSPS) is 10.5. The van der Waals surface area contributed by atoms with E-state index in [0.717, 1.165) is 16.8 Å². The van der Waals surface area contributed by atoms with E-state index >= 15 is 0 Å². The minimum absolute atomic E-state index is 0.459. The molecule has 0 radical (unpaired) electrons. The highest BCUT2D eigenvalue weighted by atomic mass is 79.9.